The third-order valence-corrected chi connectivity index (χ3v) is 11.2. The Labute approximate surface area is 303 Å². The van der Waals surface area contributed by atoms with E-state index in [0.717, 1.165) is 12.8 Å². The average molecular weight is 679 g/mol. The molecule has 0 radical (unpaired) electrons. The lowest BCUT2D eigenvalue weighted by Gasteiger charge is -2.28. The maximum Gasteiger partial charge on any atom is 0.168 e. The molecular formula is C45H90O3. The van der Waals surface area contributed by atoms with Crippen LogP contribution in [0.3, 0.4) is 0 Å². The Morgan fingerprint density at radius 1 is 0.396 bits per heavy atom. The van der Waals surface area contributed by atoms with Crippen LogP contribution in [0.1, 0.15) is 264 Å². The van der Waals surface area contributed by atoms with Gasteiger partial charge in [-0.2, -0.15) is 0 Å². The van der Waals surface area contributed by atoms with E-state index in [0.29, 0.717) is 13.0 Å². The van der Waals surface area contributed by atoms with Gasteiger partial charge in [0, 0.05) is 19.4 Å². The number of rotatable bonds is 40. The predicted octanol–water partition coefficient (Wildman–Crippen LogP) is 15.3. The standard InChI is InChI=1S/C45H90O3/c1-3-5-7-9-11-13-15-17-19-21-23-25-27-29-31-33-35-37-40-45(47-43-44(48-45)39-42-46)41-38-36-34-32-30-28-26-24-22-20-18-16-14-12-10-8-6-4-2/h44,46H,3-43H2,1-2H3. The van der Waals surface area contributed by atoms with Gasteiger partial charge in [-0.15, -0.1) is 0 Å². The van der Waals surface area contributed by atoms with E-state index in [1.165, 1.54) is 231 Å². The highest BCUT2D eigenvalue weighted by atomic mass is 16.7. The zero-order valence-electron chi connectivity index (χ0n) is 33.3. The van der Waals surface area contributed by atoms with Gasteiger partial charge in [0.25, 0.3) is 0 Å². The van der Waals surface area contributed by atoms with Crippen molar-refractivity contribution in [3.63, 3.8) is 0 Å². The summed E-state index contributed by atoms with van der Waals surface area (Å²) in [7, 11) is 0. The Kier molecular flexibility index (Phi) is 35.1. The summed E-state index contributed by atoms with van der Waals surface area (Å²) in [4.78, 5) is 0. The lowest BCUT2D eigenvalue weighted by atomic mass is 9.98. The molecular weight excluding hydrogens is 588 g/mol. The van der Waals surface area contributed by atoms with E-state index >= 15 is 0 Å². The third kappa shape index (κ3) is 29.6. The molecule has 1 heterocycles. The monoisotopic (exact) mass is 679 g/mol. The lowest BCUT2D eigenvalue weighted by molar-refractivity contribution is -0.180. The van der Waals surface area contributed by atoms with E-state index in [2.05, 4.69) is 13.8 Å². The minimum absolute atomic E-state index is 0.0844. The highest BCUT2D eigenvalue weighted by molar-refractivity contribution is 4.79. The minimum atomic E-state index is -0.371. The van der Waals surface area contributed by atoms with Crippen LogP contribution in [0.5, 0.6) is 0 Å². The van der Waals surface area contributed by atoms with Gasteiger partial charge in [-0.1, -0.05) is 232 Å². The first-order valence-corrected chi connectivity index (χ1v) is 22.7. The van der Waals surface area contributed by atoms with Gasteiger partial charge in [0.2, 0.25) is 0 Å². The van der Waals surface area contributed by atoms with E-state index in [4.69, 9.17) is 9.47 Å². The maximum absolute atomic E-state index is 9.44. The largest absolute Gasteiger partial charge is 0.396 e. The molecule has 0 bridgehead atoms. The summed E-state index contributed by atoms with van der Waals surface area (Å²) < 4.78 is 12.8. The van der Waals surface area contributed by atoms with Crippen LogP contribution >= 0.6 is 0 Å². The molecule has 0 aliphatic carbocycles. The Bertz CT molecular complexity index is 567. The number of hydrogen-bond donors (Lipinski definition) is 1. The number of hydrogen-bond acceptors (Lipinski definition) is 3. The highest BCUT2D eigenvalue weighted by Gasteiger charge is 2.40. The first kappa shape index (κ1) is 45.9. The molecule has 3 nitrogen and oxygen atoms in total. The quantitative estimate of drug-likeness (QED) is 0.0656. The molecule has 1 aliphatic rings. The molecule has 0 amide bonds. The second-order valence-corrected chi connectivity index (χ2v) is 16.0. The van der Waals surface area contributed by atoms with E-state index in [1.807, 2.05) is 0 Å². The smallest absolute Gasteiger partial charge is 0.168 e. The van der Waals surface area contributed by atoms with Crippen molar-refractivity contribution in [1.82, 2.24) is 0 Å². The van der Waals surface area contributed by atoms with Crippen molar-refractivity contribution in [2.24, 2.45) is 0 Å². The molecule has 0 aromatic carbocycles. The van der Waals surface area contributed by atoms with Gasteiger partial charge < -0.3 is 14.6 Å². The number of aliphatic hydroxyl groups is 1. The van der Waals surface area contributed by atoms with Crippen LogP contribution in [0, 0.1) is 0 Å². The molecule has 0 aromatic rings. The van der Waals surface area contributed by atoms with Gasteiger partial charge >= 0.3 is 0 Å². The van der Waals surface area contributed by atoms with E-state index in [-0.39, 0.29) is 18.5 Å². The summed E-state index contributed by atoms with van der Waals surface area (Å²) in [6.45, 7) is 5.47. The van der Waals surface area contributed by atoms with Crippen LogP contribution in [0.25, 0.3) is 0 Å². The number of aliphatic hydroxyl groups excluding tert-OH is 1. The average Bonchev–Trinajstić information content (AvgIpc) is 3.49. The van der Waals surface area contributed by atoms with Crippen molar-refractivity contribution in [1.29, 1.82) is 0 Å². The second kappa shape index (κ2) is 36.7. The van der Waals surface area contributed by atoms with E-state index < -0.39 is 0 Å². The van der Waals surface area contributed by atoms with Crippen molar-refractivity contribution < 1.29 is 14.6 Å². The molecule has 1 fully saturated rings. The molecule has 1 aliphatic heterocycles. The molecule has 3 heteroatoms. The summed E-state index contributed by atoms with van der Waals surface area (Å²) in [5.41, 5.74) is 0. The van der Waals surface area contributed by atoms with Crippen molar-refractivity contribution in [2.75, 3.05) is 13.2 Å². The maximum atomic E-state index is 9.44. The van der Waals surface area contributed by atoms with Gasteiger partial charge in [-0.05, 0) is 19.3 Å². The molecule has 288 valence electrons. The molecule has 1 unspecified atom stereocenters. The fourth-order valence-electron chi connectivity index (χ4n) is 7.88. The summed E-state index contributed by atoms with van der Waals surface area (Å²) in [6, 6.07) is 0. The zero-order chi connectivity index (χ0) is 34.5. The Balaban J connectivity index is 1.96. The minimum Gasteiger partial charge on any atom is -0.396 e. The molecule has 1 saturated heterocycles. The predicted molar refractivity (Wildman–Crippen MR) is 212 cm³/mol. The molecule has 0 aromatic heterocycles. The number of unbranched alkanes of at least 4 members (excludes halogenated alkanes) is 34. The van der Waals surface area contributed by atoms with Crippen LogP contribution in [-0.2, 0) is 9.47 Å². The Hall–Kier alpha value is -0.120. The second-order valence-electron chi connectivity index (χ2n) is 16.0. The SMILES string of the molecule is CCCCCCCCCCCCCCCCCCCCC1(CCCCCCCCCCCCCCCCCCCC)OCC(CCO)O1. The third-order valence-electron chi connectivity index (χ3n) is 11.2. The van der Waals surface area contributed by atoms with Crippen molar-refractivity contribution in [3.8, 4) is 0 Å². The first-order chi connectivity index (χ1) is 23.8. The summed E-state index contributed by atoms with van der Waals surface area (Å²) in [6.07, 6.45) is 53.7. The van der Waals surface area contributed by atoms with Gasteiger partial charge in [-0.25, -0.2) is 0 Å². The molecule has 0 saturated carbocycles. The topological polar surface area (TPSA) is 38.7 Å². The van der Waals surface area contributed by atoms with Crippen molar-refractivity contribution in [2.45, 2.75) is 276 Å². The van der Waals surface area contributed by atoms with E-state index in [1.54, 1.807) is 0 Å². The normalized spacial score (nSPS) is 15.9. The first-order valence-electron chi connectivity index (χ1n) is 22.7. The van der Waals surface area contributed by atoms with Gasteiger partial charge in [0.1, 0.15) is 0 Å². The molecule has 48 heavy (non-hydrogen) atoms. The molecule has 1 rings (SSSR count). The number of ether oxygens (including phenoxy) is 2. The molecule has 1 atom stereocenters. The fourth-order valence-corrected chi connectivity index (χ4v) is 7.88. The lowest BCUT2D eigenvalue weighted by Crippen LogP contribution is -2.31. The van der Waals surface area contributed by atoms with Crippen LogP contribution < -0.4 is 0 Å². The zero-order valence-corrected chi connectivity index (χ0v) is 33.3. The van der Waals surface area contributed by atoms with Gasteiger partial charge in [-0.3, -0.25) is 0 Å². The fraction of sp³-hybridized carbons (Fsp3) is 1.00. The summed E-state index contributed by atoms with van der Waals surface area (Å²) in [5, 5.41) is 9.44. The van der Waals surface area contributed by atoms with Crippen molar-refractivity contribution >= 4 is 0 Å². The van der Waals surface area contributed by atoms with E-state index in [9.17, 15) is 5.11 Å². The Morgan fingerprint density at radius 3 is 0.896 bits per heavy atom. The summed E-state index contributed by atoms with van der Waals surface area (Å²) in [5.74, 6) is -0.371. The Morgan fingerprint density at radius 2 is 0.646 bits per heavy atom. The van der Waals surface area contributed by atoms with Crippen molar-refractivity contribution in [3.05, 3.63) is 0 Å². The van der Waals surface area contributed by atoms with Crippen LogP contribution in [0.2, 0.25) is 0 Å². The highest BCUT2D eigenvalue weighted by Crippen LogP contribution is 2.35. The van der Waals surface area contributed by atoms with Gasteiger partial charge in [0.15, 0.2) is 5.79 Å². The van der Waals surface area contributed by atoms with Gasteiger partial charge in [0.05, 0.1) is 12.7 Å². The molecule has 1 N–H and O–H groups in total. The summed E-state index contributed by atoms with van der Waals surface area (Å²) >= 11 is 0. The van der Waals surface area contributed by atoms with Crippen LogP contribution in [-0.4, -0.2) is 30.2 Å². The van der Waals surface area contributed by atoms with Crippen LogP contribution in [0.15, 0.2) is 0 Å². The molecule has 0 spiro atoms. The van der Waals surface area contributed by atoms with Crippen LogP contribution in [0.4, 0.5) is 0 Å².